The molecule has 0 spiro atoms. The standard InChI is InChI=1S/C2H3NO2/c4-2-1-3-5/h1,3,5H. The van der Waals surface area contributed by atoms with E-state index < -0.39 is 0 Å². The topological polar surface area (TPSA) is 49.3 Å². The first-order valence-electron chi connectivity index (χ1n) is 1.01. The van der Waals surface area contributed by atoms with Gasteiger partial charge in [-0.2, -0.15) is 0 Å². The highest BCUT2D eigenvalue weighted by atomic mass is 16.5. The molecular formula is C2H3NO2. The Hall–Kier alpha value is -0.790. The van der Waals surface area contributed by atoms with E-state index in [1.807, 2.05) is 0 Å². The Morgan fingerprint density at radius 1 is 2.00 bits per heavy atom. The average Bonchev–Trinajstić information content (AvgIpc) is 1.41. The maximum absolute atomic E-state index is 9.00. The summed E-state index contributed by atoms with van der Waals surface area (Å²) in [6, 6.07) is 0. The molecule has 0 aromatic heterocycles. The molecule has 0 saturated carbocycles. The van der Waals surface area contributed by atoms with Crippen LogP contribution >= 0.6 is 0 Å². The number of hydrogen-bond acceptors (Lipinski definition) is 3. The van der Waals surface area contributed by atoms with E-state index >= 15 is 0 Å². The summed E-state index contributed by atoms with van der Waals surface area (Å²) in [5.41, 5.74) is 1.47. The zero-order chi connectivity index (χ0) is 4.12. The van der Waals surface area contributed by atoms with Crippen molar-refractivity contribution in [2.75, 3.05) is 0 Å². The summed E-state index contributed by atoms with van der Waals surface area (Å²) in [6.45, 7) is 0. The molecule has 0 bridgehead atoms. The molecule has 0 saturated heterocycles. The van der Waals surface area contributed by atoms with Gasteiger partial charge in [-0.15, -0.1) is 0 Å². The molecule has 0 rings (SSSR count). The van der Waals surface area contributed by atoms with Crippen LogP contribution in [-0.2, 0) is 4.79 Å². The summed E-state index contributed by atoms with van der Waals surface area (Å²) in [4.78, 5) is 9.00. The normalized spacial score (nSPS) is 5.00. The SMILES string of the molecule is O=C=CNO. The Bertz CT molecular complexity index is 54.7. The molecule has 28 valence electrons. The Labute approximate surface area is 28.9 Å². The van der Waals surface area contributed by atoms with Crippen LogP contribution in [0.2, 0.25) is 0 Å². The van der Waals surface area contributed by atoms with E-state index in [-0.39, 0.29) is 0 Å². The smallest absolute Gasteiger partial charge is 0.144 e. The molecule has 3 nitrogen and oxygen atoms in total. The van der Waals surface area contributed by atoms with E-state index in [9.17, 15) is 0 Å². The highest BCUT2D eigenvalue weighted by Gasteiger charge is 1.46. The first-order valence-corrected chi connectivity index (χ1v) is 1.01. The fraction of sp³-hybridized carbons (Fsp3) is 0. The minimum absolute atomic E-state index is 0.750. The van der Waals surface area contributed by atoms with Crippen molar-refractivity contribution in [2.24, 2.45) is 0 Å². The Morgan fingerprint density at radius 2 is 2.60 bits per heavy atom. The summed E-state index contributed by atoms with van der Waals surface area (Å²) >= 11 is 0. The van der Waals surface area contributed by atoms with Crippen molar-refractivity contribution >= 4 is 5.94 Å². The summed E-state index contributed by atoms with van der Waals surface area (Å²) < 4.78 is 0. The highest BCUT2D eigenvalue weighted by Crippen LogP contribution is 1.30. The summed E-state index contributed by atoms with van der Waals surface area (Å²) in [5, 5.41) is 7.50. The van der Waals surface area contributed by atoms with Crippen LogP contribution in [0.1, 0.15) is 0 Å². The van der Waals surface area contributed by atoms with E-state index in [1.54, 1.807) is 0 Å². The van der Waals surface area contributed by atoms with Crippen LogP contribution in [0.5, 0.6) is 0 Å². The third kappa shape index (κ3) is 3.21. The predicted molar refractivity (Wildman–Crippen MR) is 15.2 cm³/mol. The molecule has 0 aromatic rings. The van der Waals surface area contributed by atoms with Crippen LogP contribution in [0.4, 0.5) is 0 Å². The molecule has 2 N–H and O–H groups in total. The quantitative estimate of drug-likeness (QED) is 0.319. The van der Waals surface area contributed by atoms with Crippen molar-refractivity contribution in [3.05, 3.63) is 6.20 Å². The van der Waals surface area contributed by atoms with Crippen LogP contribution in [0.3, 0.4) is 0 Å². The van der Waals surface area contributed by atoms with Crippen molar-refractivity contribution in [3.63, 3.8) is 0 Å². The van der Waals surface area contributed by atoms with Crippen molar-refractivity contribution in [2.45, 2.75) is 0 Å². The average molecular weight is 73.1 g/mol. The molecular weight excluding hydrogens is 70.0 g/mol. The molecule has 0 unspecified atom stereocenters. The molecule has 0 amide bonds. The number of carbonyl (C=O) groups excluding carboxylic acids is 1. The van der Waals surface area contributed by atoms with E-state index in [0.717, 1.165) is 6.20 Å². The molecule has 0 aliphatic rings. The highest BCUT2D eigenvalue weighted by molar-refractivity contribution is 5.43. The van der Waals surface area contributed by atoms with Gasteiger partial charge < -0.3 is 0 Å². The number of hydroxylamine groups is 1. The van der Waals surface area contributed by atoms with E-state index in [0.29, 0.717) is 0 Å². The first kappa shape index (κ1) is 4.21. The van der Waals surface area contributed by atoms with Gasteiger partial charge in [-0.05, 0) is 0 Å². The first-order chi connectivity index (χ1) is 2.41. The van der Waals surface area contributed by atoms with Crippen LogP contribution in [0.25, 0.3) is 0 Å². The van der Waals surface area contributed by atoms with Gasteiger partial charge in [0, 0.05) is 0 Å². The van der Waals surface area contributed by atoms with Gasteiger partial charge in [0.25, 0.3) is 0 Å². The monoisotopic (exact) mass is 73.0 g/mol. The second kappa shape index (κ2) is 3.21. The fourth-order valence-electron chi connectivity index (χ4n) is 0.0264. The largest absolute Gasteiger partial charge is 0.291 e. The van der Waals surface area contributed by atoms with Crippen molar-refractivity contribution in [1.29, 1.82) is 0 Å². The lowest BCUT2D eigenvalue weighted by molar-refractivity contribution is 0.215. The van der Waals surface area contributed by atoms with E-state index in [2.05, 4.69) is 0 Å². The Morgan fingerprint density at radius 3 is 2.60 bits per heavy atom. The van der Waals surface area contributed by atoms with Crippen LogP contribution in [0.15, 0.2) is 6.20 Å². The van der Waals surface area contributed by atoms with Crippen molar-refractivity contribution in [1.82, 2.24) is 5.48 Å². The van der Waals surface area contributed by atoms with E-state index in [1.165, 1.54) is 11.4 Å². The zero-order valence-electron chi connectivity index (χ0n) is 2.43. The number of rotatable bonds is 1. The molecule has 0 fully saturated rings. The second-order valence-corrected chi connectivity index (χ2v) is 0.391. The van der Waals surface area contributed by atoms with Crippen LogP contribution in [-0.4, -0.2) is 11.1 Å². The summed E-state index contributed by atoms with van der Waals surface area (Å²) in [6.07, 6.45) is 0.750. The lowest BCUT2D eigenvalue weighted by atomic mass is 11.1. The van der Waals surface area contributed by atoms with Gasteiger partial charge in [-0.1, -0.05) is 0 Å². The summed E-state index contributed by atoms with van der Waals surface area (Å²) in [5.74, 6) is 1.28. The maximum Gasteiger partial charge on any atom is 0.144 e. The molecule has 0 aromatic carbocycles. The number of hydrogen-bond donors (Lipinski definition) is 2. The van der Waals surface area contributed by atoms with Gasteiger partial charge in [0.1, 0.15) is 12.1 Å². The fourth-order valence-corrected chi connectivity index (χ4v) is 0.0264. The molecule has 0 aliphatic carbocycles. The van der Waals surface area contributed by atoms with Gasteiger partial charge >= 0.3 is 0 Å². The van der Waals surface area contributed by atoms with Crippen LogP contribution in [0, 0.1) is 0 Å². The van der Waals surface area contributed by atoms with Gasteiger partial charge in [-0.3, -0.25) is 10.7 Å². The molecule has 0 atom stereocenters. The zero-order valence-corrected chi connectivity index (χ0v) is 2.43. The minimum Gasteiger partial charge on any atom is -0.291 e. The van der Waals surface area contributed by atoms with E-state index in [4.69, 9.17) is 10.0 Å². The predicted octanol–water partition coefficient (Wildman–Crippen LogP) is -0.690. The van der Waals surface area contributed by atoms with Gasteiger partial charge in [0.05, 0.1) is 0 Å². The molecule has 0 heterocycles. The van der Waals surface area contributed by atoms with Crippen LogP contribution < -0.4 is 5.48 Å². The minimum atomic E-state index is 0.750. The third-order valence-corrected chi connectivity index (χ3v) is 0.123. The molecule has 3 heteroatoms. The lowest BCUT2D eigenvalue weighted by Crippen LogP contribution is -1.91. The third-order valence-electron chi connectivity index (χ3n) is 0.123. The second-order valence-electron chi connectivity index (χ2n) is 0.391. The van der Waals surface area contributed by atoms with Gasteiger partial charge in [0.2, 0.25) is 0 Å². The number of nitrogens with one attached hydrogen (secondary N) is 1. The molecule has 5 heavy (non-hydrogen) atoms. The van der Waals surface area contributed by atoms with Gasteiger partial charge in [-0.25, -0.2) is 4.79 Å². The lowest BCUT2D eigenvalue weighted by Gasteiger charge is -1.68. The van der Waals surface area contributed by atoms with Crippen molar-refractivity contribution < 1.29 is 10.0 Å². The Kier molecular flexibility index (Phi) is 2.70. The molecule has 0 radical (unpaired) electrons. The maximum atomic E-state index is 9.00. The summed E-state index contributed by atoms with van der Waals surface area (Å²) in [7, 11) is 0. The molecule has 0 aliphatic heterocycles. The Balaban J connectivity index is 2.93. The van der Waals surface area contributed by atoms with Crippen molar-refractivity contribution in [3.8, 4) is 0 Å². The van der Waals surface area contributed by atoms with Gasteiger partial charge in [0.15, 0.2) is 0 Å².